The molecule has 32 heavy (non-hydrogen) atoms. The number of anilines is 2. The number of pyridine rings is 1. The fourth-order valence-corrected chi connectivity index (χ4v) is 4.01. The summed E-state index contributed by atoms with van der Waals surface area (Å²) in [5, 5.41) is 8.62. The van der Waals surface area contributed by atoms with Gasteiger partial charge in [0, 0.05) is 11.9 Å². The van der Waals surface area contributed by atoms with Crippen LogP contribution in [0.3, 0.4) is 0 Å². The topological polar surface area (TPSA) is 97.8 Å². The molecule has 0 aliphatic carbocycles. The van der Waals surface area contributed by atoms with Crippen molar-refractivity contribution in [3.05, 3.63) is 78.0 Å². The second-order valence-electron chi connectivity index (χ2n) is 7.88. The zero-order valence-corrected chi connectivity index (χ0v) is 17.7. The number of hydroxylamine groups is 2. The summed E-state index contributed by atoms with van der Waals surface area (Å²) in [6, 6.07) is 19.4. The molecular formula is C24H24N6O2. The van der Waals surface area contributed by atoms with E-state index in [1.165, 1.54) is 5.06 Å². The lowest BCUT2D eigenvalue weighted by molar-refractivity contribution is -0.168. The highest BCUT2D eigenvalue weighted by Crippen LogP contribution is 2.31. The summed E-state index contributed by atoms with van der Waals surface area (Å²) in [6.07, 6.45) is 3.59. The van der Waals surface area contributed by atoms with E-state index in [-0.39, 0.29) is 18.0 Å². The third-order valence-electron chi connectivity index (χ3n) is 5.69. The van der Waals surface area contributed by atoms with E-state index >= 15 is 0 Å². The number of nitrogens with zero attached hydrogens (tertiary/aromatic N) is 4. The second kappa shape index (κ2) is 8.32. The average molecular weight is 428 g/mol. The molecule has 0 saturated carbocycles. The molecule has 1 unspecified atom stereocenters. The molecule has 2 aromatic heterocycles. The number of rotatable bonds is 3. The number of nitrogen functional groups attached to an aromatic ring is 1. The number of urea groups is 1. The molecule has 2 amide bonds. The summed E-state index contributed by atoms with van der Waals surface area (Å²) in [5.41, 5.74) is 11.0. The number of nitrogens with one attached hydrogen (secondary N) is 1. The van der Waals surface area contributed by atoms with Crippen molar-refractivity contribution in [3.63, 3.8) is 0 Å². The Bertz CT molecular complexity index is 1270. The van der Waals surface area contributed by atoms with Gasteiger partial charge in [-0.25, -0.2) is 9.31 Å². The minimum atomic E-state index is -0.278. The molecule has 1 saturated heterocycles. The molecule has 8 nitrogen and oxygen atoms in total. The Morgan fingerprint density at radius 3 is 2.78 bits per heavy atom. The zero-order chi connectivity index (χ0) is 22.1. The van der Waals surface area contributed by atoms with Crippen molar-refractivity contribution in [1.29, 1.82) is 0 Å². The number of benzene rings is 2. The number of hydrogen-bond acceptors (Lipinski definition) is 5. The average Bonchev–Trinajstić information content (AvgIpc) is 3.20. The Kier molecular flexibility index (Phi) is 5.20. The molecule has 8 heteroatoms. The van der Waals surface area contributed by atoms with Gasteiger partial charge in [0.15, 0.2) is 5.65 Å². The minimum Gasteiger partial charge on any atom is -0.366 e. The Morgan fingerprint density at radius 1 is 1.12 bits per heavy atom. The van der Waals surface area contributed by atoms with E-state index in [4.69, 9.17) is 10.6 Å². The van der Waals surface area contributed by atoms with E-state index in [0.717, 1.165) is 40.8 Å². The van der Waals surface area contributed by atoms with Gasteiger partial charge in [-0.1, -0.05) is 42.5 Å². The largest absolute Gasteiger partial charge is 0.366 e. The summed E-state index contributed by atoms with van der Waals surface area (Å²) in [5.74, 6) is 0.230. The summed E-state index contributed by atoms with van der Waals surface area (Å²) in [4.78, 5) is 23.2. The highest BCUT2D eigenvalue weighted by molar-refractivity contribution is 5.91. The molecule has 1 fully saturated rings. The number of hydrogen-bond donors (Lipinski definition) is 2. The third kappa shape index (κ3) is 3.88. The van der Waals surface area contributed by atoms with E-state index in [2.05, 4.69) is 15.4 Å². The van der Waals surface area contributed by atoms with Crippen LogP contribution >= 0.6 is 0 Å². The smallest absolute Gasteiger partial charge is 0.346 e. The van der Waals surface area contributed by atoms with E-state index in [9.17, 15) is 4.79 Å². The van der Waals surface area contributed by atoms with Gasteiger partial charge in [-0.05, 0) is 60.2 Å². The van der Waals surface area contributed by atoms with Gasteiger partial charge in [-0.2, -0.15) is 10.0 Å². The molecule has 162 valence electrons. The summed E-state index contributed by atoms with van der Waals surface area (Å²) in [7, 11) is 0. The van der Waals surface area contributed by atoms with E-state index in [0.29, 0.717) is 12.3 Å². The van der Waals surface area contributed by atoms with Gasteiger partial charge < -0.3 is 11.1 Å². The SMILES string of the molecule is Cc1ccc(-c2ccn3nc(N)nc3c2)cc1NC(=O)N1OCCCC1c1ccccc1. The molecule has 0 radical (unpaired) electrons. The number of aromatic nitrogens is 3. The first-order valence-corrected chi connectivity index (χ1v) is 10.6. The summed E-state index contributed by atoms with van der Waals surface area (Å²) >= 11 is 0. The van der Waals surface area contributed by atoms with Crippen LogP contribution in [-0.4, -0.2) is 32.3 Å². The molecule has 2 aromatic carbocycles. The van der Waals surface area contributed by atoms with Gasteiger partial charge in [-0.3, -0.25) is 4.84 Å². The molecule has 5 rings (SSSR count). The fourth-order valence-electron chi connectivity index (χ4n) is 4.01. The molecular weight excluding hydrogens is 404 g/mol. The lowest BCUT2D eigenvalue weighted by Gasteiger charge is -2.34. The monoisotopic (exact) mass is 428 g/mol. The molecule has 4 aromatic rings. The maximum atomic E-state index is 13.2. The molecule has 0 bridgehead atoms. The van der Waals surface area contributed by atoms with Crippen molar-refractivity contribution < 1.29 is 9.63 Å². The van der Waals surface area contributed by atoms with Gasteiger partial charge in [0.2, 0.25) is 5.95 Å². The van der Waals surface area contributed by atoms with Crippen LogP contribution in [0.5, 0.6) is 0 Å². The Hall–Kier alpha value is -3.91. The van der Waals surface area contributed by atoms with Crippen molar-refractivity contribution in [3.8, 4) is 11.1 Å². The van der Waals surface area contributed by atoms with Crippen LogP contribution in [0, 0.1) is 6.92 Å². The molecule has 3 heterocycles. The fraction of sp³-hybridized carbons (Fsp3) is 0.208. The van der Waals surface area contributed by atoms with Gasteiger partial charge in [0.05, 0.1) is 12.6 Å². The maximum absolute atomic E-state index is 13.2. The molecule has 0 spiro atoms. The van der Waals surface area contributed by atoms with Crippen molar-refractivity contribution >= 4 is 23.3 Å². The molecule has 1 aliphatic rings. The second-order valence-corrected chi connectivity index (χ2v) is 7.88. The van der Waals surface area contributed by atoms with Gasteiger partial charge in [0.25, 0.3) is 0 Å². The van der Waals surface area contributed by atoms with Crippen molar-refractivity contribution in [1.82, 2.24) is 19.7 Å². The zero-order valence-electron chi connectivity index (χ0n) is 17.7. The summed E-state index contributed by atoms with van der Waals surface area (Å²) in [6.45, 7) is 2.49. The number of fused-ring (bicyclic) bond motifs is 1. The number of carbonyl (C=O) groups excluding carboxylic acids is 1. The van der Waals surface area contributed by atoms with Crippen molar-refractivity contribution in [2.45, 2.75) is 25.8 Å². The summed E-state index contributed by atoms with van der Waals surface area (Å²) < 4.78 is 1.63. The van der Waals surface area contributed by atoms with Crippen LogP contribution in [0.15, 0.2) is 66.9 Å². The van der Waals surface area contributed by atoms with Crippen LogP contribution in [0.1, 0.15) is 30.0 Å². The lowest BCUT2D eigenvalue weighted by atomic mass is 10.0. The van der Waals surface area contributed by atoms with Crippen LogP contribution < -0.4 is 11.1 Å². The number of amides is 2. The predicted octanol–water partition coefficient (Wildman–Crippen LogP) is 4.59. The lowest BCUT2D eigenvalue weighted by Crippen LogP contribution is -2.41. The highest BCUT2D eigenvalue weighted by atomic mass is 16.7. The highest BCUT2D eigenvalue weighted by Gasteiger charge is 2.29. The van der Waals surface area contributed by atoms with Crippen molar-refractivity contribution in [2.24, 2.45) is 0 Å². The Balaban J connectivity index is 1.41. The predicted molar refractivity (Wildman–Crippen MR) is 123 cm³/mol. The molecule has 1 aliphatic heterocycles. The van der Waals surface area contributed by atoms with E-state index in [1.54, 1.807) is 4.52 Å². The minimum absolute atomic E-state index is 0.116. The normalized spacial score (nSPS) is 16.3. The standard InChI is InChI=1S/C24H24N6O2/c1-16-9-10-18(19-11-12-29-22(15-19)27-23(25)28-29)14-20(16)26-24(31)30-21(8-5-13-32-30)17-6-3-2-4-7-17/h2-4,6-7,9-12,14-15,21H,5,8,13H2,1H3,(H2,25,28)(H,26,31). The van der Waals surface area contributed by atoms with E-state index < -0.39 is 0 Å². The number of aryl methyl sites for hydroxylation is 1. The van der Waals surface area contributed by atoms with E-state index in [1.807, 2.05) is 73.8 Å². The molecule has 1 atom stereocenters. The maximum Gasteiger partial charge on any atom is 0.346 e. The first-order valence-electron chi connectivity index (χ1n) is 10.6. The van der Waals surface area contributed by atoms with Gasteiger partial charge >= 0.3 is 6.03 Å². The van der Waals surface area contributed by atoms with Gasteiger partial charge in [0.1, 0.15) is 0 Å². The van der Waals surface area contributed by atoms with Gasteiger partial charge in [-0.15, -0.1) is 5.10 Å². The molecule has 3 N–H and O–H groups in total. The first kappa shape index (κ1) is 20.0. The van der Waals surface area contributed by atoms with Crippen LogP contribution in [0.25, 0.3) is 16.8 Å². The van der Waals surface area contributed by atoms with Crippen LogP contribution in [-0.2, 0) is 4.84 Å². The Labute approximate surface area is 185 Å². The van der Waals surface area contributed by atoms with Crippen LogP contribution in [0.4, 0.5) is 16.4 Å². The first-order chi connectivity index (χ1) is 15.6. The number of nitrogens with two attached hydrogens (primary N) is 1. The van der Waals surface area contributed by atoms with Crippen molar-refractivity contribution in [2.75, 3.05) is 17.7 Å². The third-order valence-corrected chi connectivity index (χ3v) is 5.69. The number of carbonyl (C=O) groups is 1. The Morgan fingerprint density at radius 2 is 1.94 bits per heavy atom. The quantitative estimate of drug-likeness (QED) is 0.497. The van der Waals surface area contributed by atoms with Crippen LogP contribution in [0.2, 0.25) is 0 Å².